The summed E-state index contributed by atoms with van der Waals surface area (Å²) in [4.78, 5) is 14.0. The quantitative estimate of drug-likeness (QED) is 0.499. The molecular weight excluding hydrogens is 526 g/mol. The number of carbonyl (C=O) groups excluding carboxylic acids is 1. The number of carbonyl (C=O) groups is 1. The summed E-state index contributed by atoms with van der Waals surface area (Å²) in [6.07, 6.45) is -3.25. The Bertz CT molecular complexity index is 945. The first-order valence-electron chi connectivity index (χ1n) is 10.0. The molecule has 1 saturated heterocycles. The Morgan fingerprint density at radius 1 is 1.23 bits per heavy atom. The van der Waals surface area contributed by atoms with E-state index in [0.717, 1.165) is 0 Å². The molecule has 2 heterocycles. The highest BCUT2D eigenvalue weighted by Crippen LogP contribution is 2.38. The summed E-state index contributed by atoms with van der Waals surface area (Å²) in [5.74, 6) is 0.572. The first-order chi connectivity index (χ1) is 14.4. The Kier molecular flexibility index (Phi) is 6.87. The molecular formula is C21H27F3IN3O3. The summed E-state index contributed by atoms with van der Waals surface area (Å²) in [6, 6.07) is 5.13. The van der Waals surface area contributed by atoms with Crippen molar-refractivity contribution in [3.8, 4) is 5.75 Å². The van der Waals surface area contributed by atoms with E-state index in [1.165, 1.54) is 11.7 Å². The van der Waals surface area contributed by atoms with Crippen LogP contribution in [-0.2, 0) is 11.3 Å². The molecule has 1 aliphatic heterocycles. The summed E-state index contributed by atoms with van der Waals surface area (Å²) in [7, 11) is 1.54. The third-order valence-electron chi connectivity index (χ3n) is 5.05. The van der Waals surface area contributed by atoms with Crippen molar-refractivity contribution in [1.82, 2.24) is 9.47 Å². The average Bonchev–Trinajstić information content (AvgIpc) is 2.96. The van der Waals surface area contributed by atoms with Crippen LogP contribution in [0.5, 0.6) is 5.75 Å². The average molecular weight is 553 g/mol. The van der Waals surface area contributed by atoms with Crippen LogP contribution >= 0.6 is 22.6 Å². The number of methoxy groups -OCH3 is 1. The van der Waals surface area contributed by atoms with Gasteiger partial charge in [-0.2, -0.15) is 13.2 Å². The molecule has 1 fully saturated rings. The number of aromatic nitrogens is 1. The van der Waals surface area contributed by atoms with Crippen molar-refractivity contribution in [3.05, 3.63) is 21.9 Å². The van der Waals surface area contributed by atoms with E-state index in [9.17, 15) is 18.0 Å². The third kappa shape index (κ3) is 5.89. The van der Waals surface area contributed by atoms with Crippen molar-refractivity contribution in [2.45, 2.75) is 58.0 Å². The molecule has 1 amide bonds. The van der Waals surface area contributed by atoms with Gasteiger partial charge in [0.05, 0.1) is 22.0 Å². The number of halogens is 4. The fourth-order valence-electron chi connectivity index (χ4n) is 3.68. The first kappa shape index (κ1) is 23.8. The number of anilines is 1. The largest absolute Gasteiger partial charge is 0.495 e. The second kappa shape index (κ2) is 8.95. The number of piperidine rings is 1. The van der Waals surface area contributed by atoms with Gasteiger partial charge >= 0.3 is 12.3 Å². The SMILES string of the molecule is COc1ccc2c(cc(I)n2CC(F)(F)F)c1NC1CCN(C(=O)OC(C)(C)C)CC1. The van der Waals surface area contributed by atoms with Gasteiger partial charge in [-0.05, 0) is 74.4 Å². The minimum atomic E-state index is -4.31. The Labute approximate surface area is 193 Å². The number of alkyl halides is 3. The Morgan fingerprint density at radius 3 is 2.42 bits per heavy atom. The standard InChI is InChI=1S/C21H27F3IN3O3/c1-20(2,3)31-19(29)27-9-7-13(8-10-27)26-18-14-11-17(25)28(12-21(22,23)24)15(14)5-6-16(18)30-4/h5-6,11,13,26H,7-10,12H2,1-4H3. The Balaban J connectivity index is 1.79. The smallest absolute Gasteiger partial charge is 0.410 e. The molecule has 172 valence electrons. The highest BCUT2D eigenvalue weighted by Gasteiger charge is 2.31. The van der Waals surface area contributed by atoms with Gasteiger partial charge in [0, 0.05) is 24.5 Å². The molecule has 2 aromatic rings. The molecule has 1 aromatic heterocycles. The summed E-state index contributed by atoms with van der Waals surface area (Å²) in [5, 5.41) is 4.14. The number of ether oxygens (including phenoxy) is 2. The number of nitrogens with zero attached hydrogens (tertiary/aromatic N) is 2. The molecule has 1 N–H and O–H groups in total. The zero-order valence-corrected chi connectivity index (χ0v) is 20.1. The van der Waals surface area contributed by atoms with E-state index in [-0.39, 0.29) is 12.1 Å². The van der Waals surface area contributed by atoms with Crippen LogP contribution in [0.4, 0.5) is 23.7 Å². The maximum Gasteiger partial charge on any atom is 0.410 e. The summed E-state index contributed by atoms with van der Waals surface area (Å²) < 4.78 is 51.8. The van der Waals surface area contributed by atoms with Crippen LogP contribution in [0.1, 0.15) is 33.6 Å². The van der Waals surface area contributed by atoms with E-state index in [2.05, 4.69) is 5.32 Å². The highest BCUT2D eigenvalue weighted by molar-refractivity contribution is 14.1. The lowest BCUT2D eigenvalue weighted by atomic mass is 10.0. The van der Waals surface area contributed by atoms with E-state index in [1.54, 1.807) is 23.1 Å². The fraction of sp³-hybridized carbons (Fsp3) is 0.571. The third-order valence-corrected chi connectivity index (χ3v) is 5.94. The van der Waals surface area contributed by atoms with Crippen molar-refractivity contribution in [3.63, 3.8) is 0 Å². The lowest BCUT2D eigenvalue weighted by Crippen LogP contribution is -2.44. The number of likely N-dealkylation sites (tertiary alicyclic amines) is 1. The van der Waals surface area contributed by atoms with Crippen molar-refractivity contribution in [2.75, 3.05) is 25.5 Å². The van der Waals surface area contributed by atoms with Crippen LogP contribution < -0.4 is 10.1 Å². The van der Waals surface area contributed by atoms with Crippen molar-refractivity contribution in [1.29, 1.82) is 0 Å². The van der Waals surface area contributed by atoms with Gasteiger partial charge in [0.15, 0.2) is 0 Å². The molecule has 0 atom stereocenters. The Hall–Kier alpha value is -1.85. The highest BCUT2D eigenvalue weighted by atomic mass is 127. The van der Waals surface area contributed by atoms with Crippen LogP contribution in [0.15, 0.2) is 18.2 Å². The first-order valence-corrected chi connectivity index (χ1v) is 11.1. The zero-order valence-electron chi connectivity index (χ0n) is 18.0. The van der Waals surface area contributed by atoms with E-state index >= 15 is 0 Å². The van der Waals surface area contributed by atoms with Gasteiger partial charge in [0.25, 0.3) is 0 Å². The van der Waals surface area contributed by atoms with Gasteiger partial charge in [0.1, 0.15) is 17.9 Å². The number of rotatable bonds is 4. The van der Waals surface area contributed by atoms with E-state index in [4.69, 9.17) is 9.47 Å². The number of nitrogens with one attached hydrogen (secondary N) is 1. The van der Waals surface area contributed by atoms with Gasteiger partial charge < -0.3 is 24.3 Å². The van der Waals surface area contributed by atoms with Gasteiger partial charge in [-0.3, -0.25) is 0 Å². The van der Waals surface area contributed by atoms with Gasteiger partial charge in [0.2, 0.25) is 0 Å². The molecule has 3 rings (SSSR count). The lowest BCUT2D eigenvalue weighted by Gasteiger charge is -2.34. The summed E-state index contributed by atoms with van der Waals surface area (Å²) >= 11 is 1.92. The lowest BCUT2D eigenvalue weighted by molar-refractivity contribution is -0.140. The number of hydrogen-bond acceptors (Lipinski definition) is 4. The molecule has 0 unspecified atom stereocenters. The van der Waals surface area contributed by atoms with Crippen molar-refractivity contribution >= 4 is 45.3 Å². The van der Waals surface area contributed by atoms with Crippen LogP contribution in [-0.4, -0.2) is 53.6 Å². The predicted octanol–water partition coefficient (Wildman–Crippen LogP) is 5.63. The van der Waals surface area contributed by atoms with Gasteiger partial charge in [-0.25, -0.2) is 4.79 Å². The molecule has 0 saturated carbocycles. The molecule has 10 heteroatoms. The fourth-order valence-corrected chi connectivity index (χ4v) is 4.42. The molecule has 31 heavy (non-hydrogen) atoms. The molecule has 0 bridgehead atoms. The molecule has 0 spiro atoms. The van der Waals surface area contributed by atoms with Crippen LogP contribution in [0.2, 0.25) is 0 Å². The second-order valence-electron chi connectivity index (χ2n) is 8.63. The molecule has 0 aliphatic carbocycles. The van der Waals surface area contributed by atoms with Crippen molar-refractivity contribution in [2.24, 2.45) is 0 Å². The summed E-state index contributed by atoms with van der Waals surface area (Å²) in [6.45, 7) is 5.53. The normalized spacial score (nSPS) is 15.9. The van der Waals surface area contributed by atoms with Crippen LogP contribution in [0.3, 0.4) is 0 Å². The van der Waals surface area contributed by atoms with Gasteiger partial charge in [-0.1, -0.05) is 0 Å². The summed E-state index contributed by atoms with van der Waals surface area (Å²) in [5.41, 5.74) is 0.626. The monoisotopic (exact) mass is 553 g/mol. The molecule has 1 aromatic carbocycles. The molecule has 0 radical (unpaired) electrons. The number of benzene rings is 1. The van der Waals surface area contributed by atoms with Gasteiger partial charge in [-0.15, -0.1) is 0 Å². The maximum absolute atomic E-state index is 13.0. The van der Waals surface area contributed by atoms with Crippen molar-refractivity contribution < 1.29 is 27.4 Å². The maximum atomic E-state index is 13.0. The Morgan fingerprint density at radius 2 is 1.87 bits per heavy atom. The van der Waals surface area contributed by atoms with E-state index < -0.39 is 18.3 Å². The topological polar surface area (TPSA) is 55.7 Å². The number of amides is 1. The van der Waals surface area contributed by atoms with E-state index in [0.29, 0.717) is 52.0 Å². The second-order valence-corrected chi connectivity index (χ2v) is 9.74. The zero-order chi connectivity index (χ0) is 23.0. The molecule has 1 aliphatic rings. The number of fused-ring (bicyclic) bond motifs is 1. The van der Waals surface area contributed by atoms with Crippen LogP contribution in [0.25, 0.3) is 10.9 Å². The minimum absolute atomic E-state index is 0.0572. The number of hydrogen-bond donors (Lipinski definition) is 1. The molecule has 6 nitrogen and oxygen atoms in total. The van der Waals surface area contributed by atoms with Crippen LogP contribution in [0, 0.1) is 3.70 Å². The minimum Gasteiger partial charge on any atom is -0.495 e. The predicted molar refractivity (Wildman–Crippen MR) is 122 cm³/mol. The van der Waals surface area contributed by atoms with E-state index in [1.807, 2.05) is 43.4 Å².